The Bertz CT molecular complexity index is 1500. The van der Waals surface area contributed by atoms with E-state index in [0.29, 0.717) is 16.9 Å². The number of aliphatic hydroxyl groups excluding tert-OH is 2. The van der Waals surface area contributed by atoms with E-state index < -0.39 is 12.3 Å². The molecule has 0 aliphatic carbocycles. The van der Waals surface area contributed by atoms with Crippen LogP contribution in [0.2, 0.25) is 0 Å². The summed E-state index contributed by atoms with van der Waals surface area (Å²) >= 11 is 0. The zero-order valence-electron chi connectivity index (χ0n) is 18.0. The Morgan fingerprint density at radius 1 is 1.00 bits per heavy atom. The highest BCUT2D eigenvalue weighted by molar-refractivity contribution is 6.09. The van der Waals surface area contributed by atoms with Crippen LogP contribution < -0.4 is 4.74 Å². The predicted octanol–water partition coefficient (Wildman–Crippen LogP) is 4.24. The van der Waals surface area contributed by atoms with E-state index in [9.17, 15) is 15.0 Å². The van der Waals surface area contributed by atoms with Gasteiger partial charge < -0.3 is 29.2 Å². The molecule has 0 saturated carbocycles. The van der Waals surface area contributed by atoms with Gasteiger partial charge in [0.1, 0.15) is 11.6 Å². The summed E-state index contributed by atoms with van der Waals surface area (Å²) in [6.45, 7) is 2.71. The summed E-state index contributed by atoms with van der Waals surface area (Å²) in [5.74, 6) is 0.774. The lowest BCUT2D eigenvalue weighted by molar-refractivity contribution is 0.0824. The summed E-state index contributed by atoms with van der Waals surface area (Å²) in [4.78, 5) is 15.7. The number of fused-ring (bicyclic) bond motifs is 4. The molecule has 8 heteroatoms. The second kappa shape index (κ2) is 8.23. The molecule has 0 bridgehead atoms. The van der Waals surface area contributed by atoms with E-state index in [4.69, 9.17) is 14.8 Å². The molecule has 0 amide bonds. The van der Waals surface area contributed by atoms with Crippen LogP contribution in [0, 0.1) is 0 Å². The lowest BCUT2D eigenvalue weighted by Crippen LogP contribution is -2.20. The van der Waals surface area contributed by atoms with Crippen LogP contribution in [0.15, 0.2) is 60.7 Å². The third-order valence-electron chi connectivity index (χ3n) is 5.88. The number of ether oxygens (including phenoxy) is 1. The highest BCUT2D eigenvalue weighted by Crippen LogP contribution is 2.34. The third kappa shape index (κ3) is 3.59. The van der Waals surface area contributed by atoms with Crippen LogP contribution in [0.3, 0.4) is 0 Å². The van der Waals surface area contributed by atoms with Crippen molar-refractivity contribution in [3.05, 3.63) is 60.7 Å². The standard InChI is InChI=1S/C25H23N3O5/c1-2-27-21-6-4-3-5-18(21)19-11-15(7-9-22(19)27)24-26-20-12-17(33-25(31)32)8-10-23(20)28(24)13-16(30)14-29/h3-12,16,29-30H,2,13-14H2,1H3,(H,31,32)/t16-/m0/s1. The number of para-hydroxylation sites is 1. The van der Waals surface area contributed by atoms with E-state index in [1.165, 1.54) is 0 Å². The zero-order valence-corrected chi connectivity index (χ0v) is 18.0. The minimum Gasteiger partial charge on any atom is -0.449 e. The first kappa shape index (κ1) is 21.0. The number of benzene rings is 3. The lowest BCUT2D eigenvalue weighted by atomic mass is 10.1. The van der Waals surface area contributed by atoms with Crippen molar-refractivity contribution in [1.29, 1.82) is 0 Å². The Hall–Kier alpha value is -3.88. The third-order valence-corrected chi connectivity index (χ3v) is 5.88. The van der Waals surface area contributed by atoms with Crippen molar-refractivity contribution in [3.8, 4) is 17.1 Å². The molecular weight excluding hydrogens is 422 g/mol. The van der Waals surface area contributed by atoms with E-state index >= 15 is 0 Å². The van der Waals surface area contributed by atoms with Crippen LogP contribution >= 0.6 is 0 Å². The largest absolute Gasteiger partial charge is 0.511 e. The second-order valence-electron chi connectivity index (χ2n) is 7.89. The fraction of sp³-hybridized carbons (Fsp3) is 0.200. The Labute approximate surface area is 188 Å². The molecule has 5 rings (SSSR count). The second-order valence-corrected chi connectivity index (χ2v) is 7.89. The number of rotatable bonds is 6. The molecule has 0 spiro atoms. The first-order valence-electron chi connectivity index (χ1n) is 10.7. The van der Waals surface area contributed by atoms with Gasteiger partial charge in [0.15, 0.2) is 0 Å². The van der Waals surface area contributed by atoms with Crippen molar-refractivity contribution in [2.24, 2.45) is 0 Å². The normalized spacial score (nSPS) is 12.6. The molecule has 8 nitrogen and oxygen atoms in total. The van der Waals surface area contributed by atoms with Gasteiger partial charge in [-0.15, -0.1) is 0 Å². The summed E-state index contributed by atoms with van der Waals surface area (Å²) in [6, 6.07) is 19.2. The first-order chi connectivity index (χ1) is 16.0. The number of carboxylic acid groups (broad SMARTS) is 1. The summed E-state index contributed by atoms with van der Waals surface area (Å²) in [5.41, 5.74) is 4.37. The predicted molar refractivity (Wildman–Crippen MR) is 126 cm³/mol. The van der Waals surface area contributed by atoms with Gasteiger partial charge in [0.05, 0.1) is 30.3 Å². The summed E-state index contributed by atoms with van der Waals surface area (Å²) in [5, 5.41) is 30.8. The number of aromatic nitrogens is 3. The number of imidazole rings is 1. The van der Waals surface area contributed by atoms with Gasteiger partial charge in [-0.2, -0.15) is 0 Å². The van der Waals surface area contributed by atoms with Crippen molar-refractivity contribution >= 4 is 39.0 Å². The van der Waals surface area contributed by atoms with Crippen molar-refractivity contribution in [3.63, 3.8) is 0 Å². The molecular formula is C25H23N3O5. The van der Waals surface area contributed by atoms with Gasteiger partial charge in [-0.1, -0.05) is 18.2 Å². The highest BCUT2D eigenvalue weighted by atomic mass is 16.7. The topological polar surface area (TPSA) is 110 Å². The summed E-state index contributed by atoms with van der Waals surface area (Å²) in [7, 11) is 0. The van der Waals surface area contributed by atoms with Gasteiger partial charge in [-0.05, 0) is 43.3 Å². The minimum absolute atomic E-state index is 0.135. The number of nitrogens with zero attached hydrogens (tertiary/aromatic N) is 3. The summed E-state index contributed by atoms with van der Waals surface area (Å²) < 4.78 is 8.88. The van der Waals surface area contributed by atoms with Gasteiger partial charge in [0.25, 0.3) is 0 Å². The molecule has 3 aromatic carbocycles. The van der Waals surface area contributed by atoms with Crippen molar-refractivity contribution in [1.82, 2.24) is 14.1 Å². The number of aryl methyl sites for hydroxylation is 1. The number of aliphatic hydroxyl groups is 2. The van der Waals surface area contributed by atoms with Gasteiger partial charge in [0.2, 0.25) is 0 Å². The van der Waals surface area contributed by atoms with Gasteiger partial charge >= 0.3 is 6.16 Å². The molecule has 33 heavy (non-hydrogen) atoms. The summed E-state index contributed by atoms with van der Waals surface area (Å²) in [6.07, 6.45) is -2.37. The maximum atomic E-state index is 10.9. The molecule has 1 atom stereocenters. The van der Waals surface area contributed by atoms with Crippen LogP contribution in [0.1, 0.15) is 6.92 Å². The molecule has 5 aromatic rings. The van der Waals surface area contributed by atoms with E-state index in [-0.39, 0.29) is 18.9 Å². The molecule has 0 saturated heterocycles. The molecule has 168 valence electrons. The maximum absolute atomic E-state index is 10.9. The average Bonchev–Trinajstić information content (AvgIpc) is 3.33. The molecule has 2 heterocycles. The number of hydrogen-bond donors (Lipinski definition) is 3. The fourth-order valence-corrected chi connectivity index (χ4v) is 4.48. The van der Waals surface area contributed by atoms with Gasteiger partial charge in [-0.3, -0.25) is 0 Å². The van der Waals surface area contributed by atoms with E-state index in [0.717, 1.165) is 33.9 Å². The number of carbonyl (C=O) groups is 1. The molecule has 2 aromatic heterocycles. The van der Waals surface area contributed by atoms with Crippen LogP contribution in [0.5, 0.6) is 5.75 Å². The monoisotopic (exact) mass is 445 g/mol. The van der Waals surface area contributed by atoms with Crippen LogP contribution in [0.4, 0.5) is 4.79 Å². The van der Waals surface area contributed by atoms with Gasteiger partial charge in [0, 0.05) is 40.0 Å². The lowest BCUT2D eigenvalue weighted by Gasteiger charge is -2.13. The SMILES string of the molecule is CCn1c2ccccc2c2cc(-c3nc4cc(OC(=O)O)ccc4n3C[C@H](O)CO)ccc21. The van der Waals surface area contributed by atoms with Crippen LogP contribution in [0.25, 0.3) is 44.2 Å². The Kier molecular flexibility index (Phi) is 5.24. The molecule has 0 aliphatic rings. The van der Waals surface area contributed by atoms with Crippen molar-refractivity contribution in [2.75, 3.05) is 6.61 Å². The van der Waals surface area contributed by atoms with E-state index in [2.05, 4.69) is 35.8 Å². The van der Waals surface area contributed by atoms with E-state index in [1.807, 2.05) is 22.8 Å². The first-order valence-corrected chi connectivity index (χ1v) is 10.7. The Morgan fingerprint density at radius 3 is 2.52 bits per heavy atom. The number of hydrogen-bond acceptors (Lipinski definition) is 5. The minimum atomic E-state index is -1.40. The fourth-order valence-electron chi connectivity index (χ4n) is 4.48. The van der Waals surface area contributed by atoms with Crippen molar-refractivity contribution < 1.29 is 24.9 Å². The molecule has 3 N–H and O–H groups in total. The van der Waals surface area contributed by atoms with Crippen LogP contribution in [-0.4, -0.2) is 48.3 Å². The molecule has 0 unspecified atom stereocenters. The van der Waals surface area contributed by atoms with Crippen molar-refractivity contribution in [2.45, 2.75) is 26.1 Å². The van der Waals surface area contributed by atoms with E-state index in [1.54, 1.807) is 18.2 Å². The smallest absolute Gasteiger partial charge is 0.449 e. The average molecular weight is 445 g/mol. The molecule has 0 fully saturated rings. The Balaban J connectivity index is 1.73. The zero-order chi connectivity index (χ0) is 23.1. The van der Waals surface area contributed by atoms with Crippen LogP contribution in [-0.2, 0) is 13.1 Å². The Morgan fingerprint density at radius 2 is 1.76 bits per heavy atom. The molecule has 0 aliphatic heterocycles. The quantitative estimate of drug-likeness (QED) is 0.266. The highest BCUT2D eigenvalue weighted by Gasteiger charge is 2.18. The molecule has 0 radical (unpaired) electrons. The maximum Gasteiger partial charge on any atom is 0.511 e. The van der Waals surface area contributed by atoms with Gasteiger partial charge in [-0.25, -0.2) is 9.78 Å².